The Morgan fingerprint density at radius 3 is 1.90 bits per heavy atom. The first-order valence-corrected chi connectivity index (χ1v) is 14.1. The van der Waals surface area contributed by atoms with Gasteiger partial charge in [-0.3, -0.25) is 9.59 Å². The maximum absolute atomic E-state index is 13.3. The molecule has 1 saturated heterocycles. The van der Waals surface area contributed by atoms with E-state index in [-0.39, 0.29) is 11.3 Å². The van der Waals surface area contributed by atoms with E-state index in [1.807, 2.05) is 0 Å². The van der Waals surface area contributed by atoms with Gasteiger partial charge in [-0.05, 0) is 42.8 Å². The number of methoxy groups -OCH3 is 3. The summed E-state index contributed by atoms with van der Waals surface area (Å²) in [5.41, 5.74) is 1.12. The van der Waals surface area contributed by atoms with Crippen molar-refractivity contribution in [2.45, 2.75) is 77.2 Å². The van der Waals surface area contributed by atoms with E-state index in [0.29, 0.717) is 34.9 Å². The fraction of sp³-hybridized carbons (Fsp3) is 0.500. The number of aliphatic hydroxyl groups is 1. The van der Waals surface area contributed by atoms with Crippen molar-refractivity contribution in [2.24, 2.45) is 0 Å². The lowest BCUT2D eigenvalue weighted by atomic mass is 9.94. The maximum atomic E-state index is 13.3. The second kappa shape index (κ2) is 15.2. The molecule has 1 fully saturated rings. The standard InChI is InChI=1S/C32H43NO6/c1-5-6-7-8-9-10-11-12-13-14-21-33-29(26-20-19-25(38-3)22-27(26)39-4)28(31(35)32(33)36)30(34)23-15-17-24(37-2)18-16-23/h15-20,22,29,34H,5-14,21H2,1-4H3/b30-28-. The zero-order valence-electron chi connectivity index (χ0n) is 23.8. The van der Waals surface area contributed by atoms with Gasteiger partial charge in [0.2, 0.25) is 0 Å². The van der Waals surface area contributed by atoms with Gasteiger partial charge in [0.1, 0.15) is 23.0 Å². The van der Waals surface area contributed by atoms with Crippen LogP contribution in [0, 0.1) is 0 Å². The van der Waals surface area contributed by atoms with Crippen LogP contribution in [0.1, 0.15) is 88.3 Å². The first kappa shape index (κ1) is 30.1. The van der Waals surface area contributed by atoms with Crippen LogP contribution in [0.3, 0.4) is 0 Å². The Hall–Kier alpha value is -3.48. The molecule has 212 valence electrons. The van der Waals surface area contributed by atoms with E-state index in [0.717, 1.165) is 19.3 Å². The Morgan fingerprint density at radius 1 is 0.769 bits per heavy atom. The zero-order valence-corrected chi connectivity index (χ0v) is 23.8. The van der Waals surface area contributed by atoms with Crippen LogP contribution >= 0.6 is 0 Å². The van der Waals surface area contributed by atoms with Crippen LogP contribution in [-0.4, -0.2) is 49.6 Å². The van der Waals surface area contributed by atoms with Crippen molar-refractivity contribution in [2.75, 3.05) is 27.9 Å². The fourth-order valence-corrected chi connectivity index (χ4v) is 5.15. The van der Waals surface area contributed by atoms with Crippen molar-refractivity contribution in [1.82, 2.24) is 4.90 Å². The highest BCUT2D eigenvalue weighted by atomic mass is 16.5. The Bertz CT molecular complexity index is 1120. The van der Waals surface area contributed by atoms with Crippen LogP contribution in [0.5, 0.6) is 17.2 Å². The quantitative estimate of drug-likeness (QED) is 0.107. The highest BCUT2D eigenvalue weighted by molar-refractivity contribution is 6.46. The summed E-state index contributed by atoms with van der Waals surface area (Å²) < 4.78 is 16.2. The molecule has 2 aromatic rings. The molecule has 7 heteroatoms. The second-order valence-corrected chi connectivity index (χ2v) is 10.0. The van der Waals surface area contributed by atoms with Gasteiger partial charge < -0.3 is 24.2 Å². The molecule has 1 atom stereocenters. The SMILES string of the molecule is CCCCCCCCCCCCN1C(=O)C(=O)/C(=C(\O)c2ccc(OC)cc2)C1c1ccc(OC)cc1OC. The van der Waals surface area contributed by atoms with E-state index in [9.17, 15) is 14.7 Å². The molecule has 7 nitrogen and oxygen atoms in total. The lowest BCUT2D eigenvalue weighted by Crippen LogP contribution is -2.31. The number of unbranched alkanes of at least 4 members (excludes halogenated alkanes) is 9. The van der Waals surface area contributed by atoms with Crippen LogP contribution in [0.4, 0.5) is 0 Å². The molecule has 0 aromatic heterocycles. The highest BCUT2D eigenvalue weighted by Crippen LogP contribution is 2.44. The van der Waals surface area contributed by atoms with Gasteiger partial charge in [0.05, 0.1) is 32.9 Å². The molecule has 1 aliphatic heterocycles. The van der Waals surface area contributed by atoms with E-state index in [4.69, 9.17) is 14.2 Å². The van der Waals surface area contributed by atoms with Gasteiger partial charge in [-0.1, -0.05) is 64.7 Å². The topological polar surface area (TPSA) is 85.3 Å². The normalized spacial score (nSPS) is 16.5. The number of hydrogen-bond donors (Lipinski definition) is 1. The molecule has 0 aliphatic carbocycles. The third kappa shape index (κ3) is 7.55. The summed E-state index contributed by atoms with van der Waals surface area (Å²) in [5.74, 6) is 0.181. The van der Waals surface area contributed by atoms with Crippen molar-refractivity contribution in [3.05, 3.63) is 59.2 Å². The number of amides is 1. The van der Waals surface area contributed by atoms with Gasteiger partial charge in [-0.25, -0.2) is 0 Å². The lowest BCUT2D eigenvalue weighted by molar-refractivity contribution is -0.139. The smallest absolute Gasteiger partial charge is 0.295 e. The van der Waals surface area contributed by atoms with Gasteiger partial charge >= 0.3 is 0 Å². The molecule has 0 saturated carbocycles. The second-order valence-electron chi connectivity index (χ2n) is 10.0. The van der Waals surface area contributed by atoms with Crippen molar-refractivity contribution in [3.63, 3.8) is 0 Å². The summed E-state index contributed by atoms with van der Waals surface area (Å²) in [5, 5.41) is 11.3. The number of benzene rings is 2. The molecule has 0 radical (unpaired) electrons. The van der Waals surface area contributed by atoms with Crippen molar-refractivity contribution in [1.29, 1.82) is 0 Å². The van der Waals surface area contributed by atoms with Crippen molar-refractivity contribution >= 4 is 17.4 Å². The Morgan fingerprint density at radius 2 is 1.33 bits per heavy atom. The minimum absolute atomic E-state index is 0.0562. The predicted octanol–water partition coefficient (Wildman–Crippen LogP) is 7.06. The van der Waals surface area contributed by atoms with Gasteiger partial charge in [0.25, 0.3) is 11.7 Å². The number of hydrogen-bond acceptors (Lipinski definition) is 6. The molecule has 2 aromatic carbocycles. The van der Waals surface area contributed by atoms with Gasteiger partial charge in [-0.15, -0.1) is 0 Å². The first-order chi connectivity index (χ1) is 19.0. The molecule has 1 N–H and O–H groups in total. The summed E-state index contributed by atoms with van der Waals surface area (Å²) in [6.45, 7) is 2.65. The summed E-state index contributed by atoms with van der Waals surface area (Å²) in [4.78, 5) is 28.2. The molecule has 0 spiro atoms. The summed E-state index contributed by atoms with van der Waals surface area (Å²) in [6.07, 6.45) is 11.7. The third-order valence-corrected chi connectivity index (χ3v) is 7.39. The van der Waals surface area contributed by atoms with Crippen LogP contribution < -0.4 is 14.2 Å². The van der Waals surface area contributed by atoms with Crippen LogP contribution in [0.25, 0.3) is 5.76 Å². The number of aliphatic hydroxyl groups excluding tert-OH is 1. The number of rotatable bonds is 16. The predicted molar refractivity (Wildman–Crippen MR) is 153 cm³/mol. The number of likely N-dealkylation sites (tertiary alicyclic amines) is 1. The Kier molecular flexibility index (Phi) is 11.7. The number of ketones is 1. The zero-order chi connectivity index (χ0) is 28.2. The maximum Gasteiger partial charge on any atom is 0.295 e. The lowest BCUT2D eigenvalue weighted by Gasteiger charge is -2.27. The third-order valence-electron chi connectivity index (χ3n) is 7.39. The minimum Gasteiger partial charge on any atom is -0.507 e. The van der Waals surface area contributed by atoms with Gasteiger partial charge in [-0.2, -0.15) is 0 Å². The largest absolute Gasteiger partial charge is 0.507 e. The first-order valence-electron chi connectivity index (χ1n) is 14.1. The number of carbonyl (C=O) groups excluding carboxylic acids is 2. The molecule has 1 aliphatic rings. The average molecular weight is 538 g/mol. The molecule has 1 amide bonds. The van der Waals surface area contributed by atoms with E-state index >= 15 is 0 Å². The Labute approximate surface area is 232 Å². The minimum atomic E-state index is -0.772. The van der Waals surface area contributed by atoms with Crippen LogP contribution in [0.2, 0.25) is 0 Å². The van der Waals surface area contributed by atoms with Gasteiger partial charge in [0.15, 0.2) is 0 Å². The van der Waals surface area contributed by atoms with Crippen LogP contribution in [0.15, 0.2) is 48.0 Å². The molecular weight excluding hydrogens is 494 g/mol. The molecule has 39 heavy (non-hydrogen) atoms. The van der Waals surface area contributed by atoms with Gasteiger partial charge in [0, 0.05) is 23.7 Å². The molecule has 0 bridgehead atoms. The highest BCUT2D eigenvalue weighted by Gasteiger charge is 2.46. The van der Waals surface area contributed by atoms with Crippen LogP contribution in [-0.2, 0) is 9.59 Å². The number of nitrogens with zero attached hydrogens (tertiary/aromatic N) is 1. The van der Waals surface area contributed by atoms with E-state index in [2.05, 4.69) is 6.92 Å². The van der Waals surface area contributed by atoms with Crippen molar-refractivity contribution in [3.8, 4) is 17.2 Å². The molecule has 3 rings (SSSR count). The van der Waals surface area contributed by atoms with Crippen molar-refractivity contribution < 1.29 is 28.9 Å². The summed E-state index contributed by atoms with van der Waals surface area (Å²) >= 11 is 0. The Balaban J connectivity index is 1.83. The molecule has 1 unspecified atom stereocenters. The summed E-state index contributed by atoms with van der Waals surface area (Å²) in [6, 6.07) is 11.3. The van der Waals surface area contributed by atoms with E-state index in [1.165, 1.54) is 52.1 Å². The number of ether oxygens (including phenoxy) is 3. The van der Waals surface area contributed by atoms with E-state index in [1.54, 1.807) is 61.6 Å². The average Bonchev–Trinajstić information content (AvgIpc) is 3.22. The fourth-order valence-electron chi connectivity index (χ4n) is 5.15. The van der Waals surface area contributed by atoms with E-state index < -0.39 is 17.7 Å². The number of carbonyl (C=O) groups is 2. The monoisotopic (exact) mass is 537 g/mol. The summed E-state index contributed by atoms with van der Waals surface area (Å²) in [7, 11) is 4.66. The molecular formula is C32H43NO6. The number of Topliss-reactive ketones (excluding diaryl/α,β-unsaturated/α-hetero) is 1. The molecule has 1 heterocycles.